The Kier molecular flexibility index (Phi) is 3.34. The highest BCUT2D eigenvalue weighted by molar-refractivity contribution is 5.13. The van der Waals surface area contributed by atoms with Crippen molar-refractivity contribution in [2.24, 2.45) is 5.73 Å². The van der Waals surface area contributed by atoms with Crippen molar-refractivity contribution in [3.8, 4) is 0 Å². The number of hydrogen-bond donors (Lipinski definition) is 1. The van der Waals surface area contributed by atoms with Crippen LogP contribution in [0.25, 0.3) is 0 Å². The van der Waals surface area contributed by atoms with E-state index in [1.165, 1.54) is 12.8 Å². The van der Waals surface area contributed by atoms with E-state index in [-0.39, 0.29) is 0 Å². The third kappa shape index (κ3) is 2.76. The van der Waals surface area contributed by atoms with Gasteiger partial charge in [0.15, 0.2) is 0 Å². The van der Waals surface area contributed by atoms with Crippen LogP contribution in [0.5, 0.6) is 0 Å². The predicted octanol–water partition coefficient (Wildman–Crippen LogP) is 1.52. The van der Waals surface area contributed by atoms with Gasteiger partial charge in [-0.15, -0.1) is 0 Å². The Balaban J connectivity index is 1.96. The van der Waals surface area contributed by atoms with Crippen molar-refractivity contribution in [2.75, 3.05) is 6.54 Å². The fourth-order valence-electron chi connectivity index (χ4n) is 1.82. The summed E-state index contributed by atoms with van der Waals surface area (Å²) in [6, 6.07) is 4.97. The van der Waals surface area contributed by atoms with E-state index in [9.17, 15) is 0 Å². The summed E-state index contributed by atoms with van der Waals surface area (Å²) in [5.74, 6) is 0. The van der Waals surface area contributed by atoms with Gasteiger partial charge in [0.1, 0.15) is 0 Å². The molecule has 1 aromatic heterocycles. The van der Waals surface area contributed by atoms with E-state index in [0.29, 0.717) is 6.54 Å². The van der Waals surface area contributed by atoms with Crippen LogP contribution in [0.1, 0.15) is 31.0 Å². The molecule has 1 saturated carbocycles. The molecule has 0 unspecified atom stereocenters. The lowest BCUT2D eigenvalue weighted by Gasteiger charge is -2.19. The maximum absolute atomic E-state index is 5.54. The third-order valence-corrected chi connectivity index (χ3v) is 2.96. The highest BCUT2D eigenvalue weighted by atomic mass is 15.2. The zero-order valence-electron chi connectivity index (χ0n) is 9.32. The largest absolute Gasteiger partial charge is 0.326 e. The van der Waals surface area contributed by atoms with Crippen molar-refractivity contribution in [3.63, 3.8) is 0 Å². The Bertz CT molecular complexity index is 303. The summed E-state index contributed by atoms with van der Waals surface area (Å²) < 4.78 is 0. The van der Waals surface area contributed by atoms with E-state index in [2.05, 4.69) is 28.9 Å². The van der Waals surface area contributed by atoms with Crippen molar-refractivity contribution < 1.29 is 0 Å². The summed E-state index contributed by atoms with van der Waals surface area (Å²) in [4.78, 5) is 6.92. The molecule has 0 aromatic carbocycles. The molecule has 0 radical (unpaired) electrons. The fraction of sp³-hybridized carbons (Fsp3) is 0.583. The SMILES string of the molecule is CCN(Cc1ccc(CN)cn1)C1CC1. The number of hydrogen-bond acceptors (Lipinski definition) is 3. The quantitative estimate of drug-likeness (QED) is 0.792. The molecule has 0 amide bonds. The monoisotopic (exact) mass is 205 g/mol. The Morgan fingerprint density at radius 2 is 2.27 bits per heavy atom. The second-order valence-corrected chi connectivity index (χ2v) is 4.16. The molecule has 2 rings (SSSR count). The molecule has 3 nitrogen and oxygen atoms in total. The zero-order chi connectivity index (χ0) is 10.7. The normalized spacial score (nSPS) is 15.9. The molecule has 0 aliphatic heterocycles. The van der Waals surface area contributed by atoms with Gasteiger partial charge in [-0.05, 0) is 31.0 Å². The van der Waals surface area contributed by atoms with Crippen LogP contribution < -0.4 is 5.73 Å². The molecule has 0 bridgehead atoms. The number of rotatable bonds is 5. The van der Waals surface area contributed by atoms with Crippen molar-refractivity contribution in [1.82, 2.24) is 9.88 Å². The van der Waals surface area contributed by atoms with Crippen LogP contribution in [0.15, 0.2) is 18.3 Å². The van der Waals surface area contributed by atoms with Gasteiger partial charge in [-0.25, -0.2) is 0 Å². The number of nitrogens with two attached hydrogens (primary N) is 1. The predicted molar refractivity (Wildman–Crippen MR) is 61.2 cm³/mol. The van der Waals surface area contributed by atoms with E-state index in [1.54, 1.807) is 0 Å². The van der Waals surface area contributed by atoms with Crippen LogP contribution in [-0.4, -0.2) is 22.5 Å². The first kappa shape index (κ1) is 10.6. The lowest BCUT2D eigenvalue weighted by Crippen LogP contribution is -2.25. The number of aromatic nitrogens is 1. The Morgan fingerprint density at radius 3 is 2.73 bits per heavy atom. The average Bonchev–Trinajstić information content (AvgIpc) is 3.10. The van der Waals surface area contributed by atoms with Gasteiger partial charge in [-0.3, -0.25) is 9.88 Å². The Labute approximate surface area is 91.3 Å². The second kappa shape index (κ2) is 4.73. The maximum atomic E-state index is 5.54. The van der Waals surface area contributed by atoms with Gasteiger partial charge in [0.25, 0.3) is 0 Å². The van der Waals surface area contributed by atoms with Gasteiger partial charge >= 0.3 is 0 Å². The molecule has 1 heterocycles. The summed E-state index contributed by atoms with van der Waals surface area (Å²) in [7, 11) is 0. The molecule has 15 heavy (non-hydrogen) atoms. The number of pyridine rings is 1. The van der Waals surface area contributed by atoms with Crippen LogP contribution in [-0.2, 0) is 13.1 Å². The topological polar surface area (TPSA) is 42.1 Å². The molecular formula is C12H19N3. The molecule has 1 fully saturated rings. The molecule has 1 aliphatic rings. The first-order valence-corrected chi connectivity index (χ1v) is 5.71. The molecule has 3 heteroatoms. The molecule has 82 valence electrons. The van der Waals surface area contributed by atoms with Gasteiger partial charge in [-0.1, -0.05) is 13.0 Å². The molecule has 0 atom stereocenters. The van der Waals surface area contributed by atoms with Gasteiger partial charge in [0, 0.05) is 25.3 Å². The summed E-state index contributed by atoms with van der Waals surface area (Å²) in [5.41, 5.74) is 7.79. The van der Waals surface area contributed by atoms with E-state index >= 15 is 0 Å². The van der Waals surface area contributed by atoms with Crippen molar-refractivity contribution >= 4 is 0 Å². The minimum atomic E-state index is 0.577. The van der Waals surface area contributed by atoms with Crippen LogP contribution in [0.3, 0.4) is 0 Å². The highest BCUT2D eigenvalue weighted by Gasteiger charge is 2.27. The van der Waals surface area contributed by atoms with Crippen molar-refractivity contribution in [3.05, 3.63) is 29.6 Å². The molecule has 1 aromatic rings. The van der Waals surface area contributed by atoms with Crippen LogP contribution in [0, 0.1) is 0 Å². The molecular weight excluding hydrogens is 186 g/mol. The van der Waals surface area contributed by atoms with Crippen LogP contribution in [0.2, 0.25) is 0 Å². The molecule has 0 saturated heterocycles. The smallest absolute Gasteiger partial charge is 0.0544 e. The van der Waals surface area contributed by atoms with Gasteiger partial charge in [0.2, 0.25) is 0 Å². The average molecular weight is 205 g/mol. The van der Waals surface area contributed by atoms with Crippen molar-refractivity contribution in [1.29, 1.82) is 0 Å². The van der Waals surface area contributed by atoms with E-state index in [4.69, 9.17) is 5.73 Å². The first-order valence-electron chi connectivity index (χ1n) is 5.71. The van der Waals surface area contributed by atoms with E-state index in [0.717, 1.165) is 30.4 Å². The minimum absolute atomic E-state index is 0.577. The summed E-state index contributed by atoms with van der Waals surface area (Å²) in [6.07, 6.45) is 4.60. The Morgan fingerprint density at radius 1 is 1.47 bits per heavy atom. The summed E-state index contributed by atoms with van der Waals surface area (Å²) >= 11 is 0. The number of nitrogens with zero attached hydrogens (tertiary/aromatic N) is 2. The third-order valence-electron chi connectivity index (χ3n) is 2.96. The highest BCUT2D eigenvalue weighted by Crippen LogP contribution is 2.27. The van der Waals surface area contributed by atoms with Crippen LogP contribution in [0.4, 0.5) is 0 Å². The molecule has 2 N–H and O–H groups in total. The molecule has 0 spiro atoms. The van der Waals surface area contributed by atoms with E-state index in [1.807, 2.05) is 6.20 Å². The van der Waals surface area contributed by atoms with Gasteiger partial charge in [0.05, 0.1) is 5.69 Å². The van der Waals surface area contributed by atoms with Crippen LogP contribution >= 0.6 is 0 Å². The maximum Gasteiger partial charge on any atom is 0.0544 e. The zero-order valence-corrected chi connectivity index (χ0v) is 9.32. The summed E-state index contributed by atoms with van der Waals surface area (Å²) in [6.45, 7) is 4.89. The Hall–Kier alpha value is -0.930. The molecule has 1 aliphatic carbocycles. The van der Waals surface area contributed by atoms with Crippen molar-refractivity contribution in [2.45, 2.75) is 38.9 Å². The standard InChI is InChI=1S/C12H19N3/c1-2-15(12-5-6-12)9-11-4-3-10(7-13)8-14-11/h3-4,8,12H,2,5-7,9,13H2,1H3. The minimum Gasteiger partial charge on any atom is -0.326 e. The lowest BCUT2D eigenvalue weighted by atomic mass is 10.2. The van der Waals surface area contributed by atoms with Gasteiger partial charge < -0.3 is 5.73 Å². The summed E-state index contributed by atoms with van der Waals surface area (Å²) in [5, 5.41) is 0. The lowest BCUT2D eigenvalue weighted by molar-refractivity contribution is 0.266. The second-order valence-electron chi connectivity index (χ2n) is 4.16. The van der Waals surface area contributed by atoms with Gasteiger partial charge in [-0.2, -0.15) is 0 Å². The first-order chi connectivity index (χ1) is 7.33. The van der Waals surface area contributed by atoms with E-state index < -0.39 is 0 Å². The fourth-order valence-corrected chi connectivity index (χ4v) is 1.82.